The third kappa shape index (κ3) is 2.73. The van der Waals surface area contributed by atoms with Crippen LogP contribution in [0.25, 0.3) is 0 Å². The second-order valence-electron chi connectivity index (χ2n) is 6.82. The maximum Gasteiger partial charge on any atom is 0.0648 e. The largest absolute Gasteiger partial charge is 0.358 e. The van der Waals surface area contributed by atoms with E-state index in [1.807, 2.05) is 0 Å². The molecule has 0 aliphatic carbocycles. The van der Waals surface area contributed by atoms with Crippen molar-refractivity contribution < 1.29 is 0 Å². The van der Waals surface area contributed by atoms with Gasteiger partial charge >= 0.3 is 0 Å². The van der Waals surface area contributed by atoms with Crippen molar-refractivity contribution in [3.05, 3.63) is 35.7 Å². The number of hydrogen-bond acceptors (Lipinski definition) is 4. The molecule has 0 radical (unpaired) electrons. The first-order chi connectivity index (χ1) is 10.8. The van der Waals surface area contributed by atoms with Gasteiger partial charge in [-0.05, 0) is 44.0 Å². The quantitative estimate of drug-likeness (QED) is 0.906. The molecule has 2 saturated heterocycles. The van der Waals surface area contributed by atoms with Crippen LogP contribution in [0.3, 0.4) is 0 Å². The van der Waals surface area contributed by atoms with E-state index in [1.165, 1.54) is 68.1 Å². The van der Waals surface area contributed by atoms with Crippen LogP contribution in [0.2, 0.25) is 0 Å². The number of fused-ring (bicyclic) bond motifs is 3. The van der Waals surface area contributed by atoms with E-state index in [0.717, 1.165) is 13.1 Å². The van der Waals surface area contributed by atoms with Gasteiger partial charge in [-0.15, -0.1) is 0 Å². The summed E-state index contributed by atoms with van der Waals surface area (Å²) in [5.74, 6) is 0. The number of anilines is 2. The smallest absolute Gasteiger partial charge is 0.0648 e. The molecular formula is C18H26N4. The average molecular weight is 298 g/mol. The summed E-state index contributed by atoms with van der Waals surface area (Å²) in [6.45, 7) is 6.96. The van der Waals surface area contributed by atoms with Crippen LogP contribution in [0, 0.1) is 0 Å². The predicted octanol–water partition coefficient (Wildman–Crippen LogP) is 2.69. The Morgan fingerprint density at radius 2 is 1.91 bits per heavy atom. The Kier molecular flexibility index (Phi) is 3.80. The summed E-state index contributed by atoms with van der Waals surface area (Å²) >= 11 is 0. The third-order valence-corrected chi connectivity index (χ3v) is 5.16. The topological polar surface area (TPSA) is 21.8 Å². The van der Waals surface area contributed by atoms with Gasteiger partial charge in [-0.2, -0.15) is 0 Å². The maximum absolute atomic E-state index is 3.52. The van der Waals surface area contributed by atoms with E-state index in [2.05, 4.69) is 51.5 Å². The van der Waals surface area contributed by atoms with Gasteiger partial charge in [-0.25, -0.2) is 0 Å². The molecule has 3 aliphatic heterocycles. The second-order valence-corrected chi connectivity index (χ2v) is 6.82. The molecule has 0 spiro atoms. The molecule has 22 heavy (non-hydrogen) atoms. The number of nitrogens with one attached hydrogen (secondary N) is 1. The molecule has 118 valence electrons. The molecule has 0 atom stereocenters. The molecule has 4 heteroatoms. The number of benzene rings is 1. The summed E-state index contributed by atoms with van der Waals surface area (Å²) < 4.78 is 0. The van der Waals surface area contributed by atoms with E-state index in [0.29, 0.717) is 0 Å². The molecule has 3 aliphatic rings. The predicted molar refractivity (Wildman–Crippen MR) is 92.1 cm³/mol. The fraction of sp³-hybridized carbons (Fsp3) is 0.556. The highest BCUT2D eigenvalue weighted by Crippen LogP contribution is 2.37. The van der Waals surface area contributed by atoms with Gasteiger partial charge in [-0.3, -0.25) is 4.90 Å². The minimum atomic E-state index is 1.07. The highest BCUT2D eigenvalue weighted by Gasteiger charge is 2.23. The summed E-state index contributed by atoms with van der Waals surface area (Å²) in [5, 5.41) is 3.52. The van der Waals surface area contributed by atoms with E-state index < -0.39 is 0 Å². The summed E-state index contributed by atoms with van der Waals surface area (Å²) in [6, 6.07) is 6.97. The Bertz CT molecular complexity index is 572. The van der Waals surface area contributed by atoms with Gasteiger partial charge in [0.05, 0.1) is 11.4 Å². The monoisotopic (exact) mass is 298 g/mol. The van der Waals surface area contributed by atoms with E-state index in [4.69, 9.17) is 0 Å². The minimum absolute atomic E-state index is 1.07. The zero-order valence-electron chi connectivity index (χ0n) is 13.5. The van der Waals surface area contributed by atoms with E-state index >= 15 is 0 Å². The molecular weight excluding hydrogens is 272 g/mol. The number of hydrogen-bond donors (Lipinski definition) is 1. The van der Waals surface area contributed by atoms with Crippen molar-refractivity contribution in [2.45, 2.75) is 25.8 Å². The standard InChI is InChI=1S/C18H26N4/c1-20-8-10-21(11-9-20)14-15-5-6-18-17(12-15)19-13-16-4-2-3-7-22(16)18/h5-6,12-13,19H,2-4,7-11,14H2,1H3. The van der Waals surface area contributed by atoms with Gasteiger partial charge in [0.15, 0.2) is 0 Å². The summed E-state index contributed by atoms with van der Waals surface area (Å²) in [7, 11) is 2.21. The van der Waals surface area contributed by atoms with Crippen LogP contribution in [-0.4, -0.2) is 49.6 Å². The highest BCUT2D eigenvalue weighted by atomic mass is 15.2. The number of nitrogens with zero attached hydrogens (tertiary/aromatic N) is 3. The van der Waals surface area contributed by atoms with Crippen LogP contribution in [-0.2, 0) is 6.54 Å². The van der Waals surface area contributed by atoms with E-state index in [9.17, 15) is 0 Å². The van der Waals surface area contributed by atoms with Crippen LogP contribution in [0.1, 0.15) is 24.8 Å². The Hall–Kier alpha value is -1.52. The lowest BCUT2D eigenvalue weighted by Gasteiger charge is -2.37. The number of rotatable bonds is 2. The van der Waals surface area contributed by atoms with Crippen LogP contribution < -0.4 is 10.2 Å². The maximum atomic E-state index is 3.52. The lowest BCUT2D eigenvalue weighted by molar-refractivity contribution is 0.148. The summed E-state index contributed by atoms with van der Waals surface area (Å²) in [4.78, 5) is 7.47. The van der Waals surface area contributed by atoms with Crippen LogP contribution >= 0.6 is 0 Å². The van der Waals surface area contributed by atoms with Gasteiger partial charge in [0.2, 0.25) is 0 Å². The fourth-order valence-corrected chi connectivity index (χ4v) is 3.74. The van der Waals surface area contributed by atoms with Crippen molar-refractivity contribution in [2.75, 3.05) is 50.0 Å². The average Bonchev–Trinajstić information content (AvgIpc) is 2.57. The number of allylic oxidation sites excluding steroid dienone is 1. The van der Waals surface area contributed by atoms with Crippen molar-refractivity contribution in [3.8, 4) is 0 Å². The van der Waals surface area contributed by atoms with Crippen LogP contribution in [0.5, 0.6) is 0 Å². The van der Waals surface area contributed by atoms with Gasteiger partial charge in [0.1, 0.15) is 0 Å². The van der Waals surface area contributed by atoms with Gasteiger partial charge in [0.25, 0.3) is 0 Å². The van der Waals surface area contributed by atoms with Gasteiger partial charge in [-0.1, -0.05) is 6.07 Å². The molecule has 1 N–H and O–H groups in total. The molecule has 2 fully saturated rings. The number of likely N-dealkylation sites (N-methyl/N-ethyl adjacent to an activating group) is 1. The third-order valence-electron chi connectivity index (χ3n) is 5.16. The van der Waals surface area contributed by atoms with Crippen LogP contribution in [0.4, 0.5) is 11.4 Å². The summed E-state index contributed by atoms with van der Waals surface area (Å²) in [5.41, 5.74) is 5.51. The number of piperidine rings is 1. The lowest BCUT2D eigenvalue weighted by atomic mass is 10.0. The molecule has 0 bridgehead atoms. The Balaban J connectivity index is 1.49. The Labute approximate surface area is 133 Å². The van der Waals surface area contributed by atoms with Gasteiger partial charge in [0, 0.05) is 51.2 Å². The van der Waals surface area contributed by atoms with E-state index in [1.54, 1.807) is 0 Å². The van der Waals surface area contributed by atoms with Crippen molar-refractivity contribution >= 4 is 11.4 Å². The van der Waals surface area contributed by atoms with Gasteiger partial charge < -0.3 is 15.1 Å². The lowest BCUT2D eigenvalue weighted by Crippen LogP contribution is -2.43. The second kappa shape index (κ2) is 5.94. The fourth-order valence-electron chi connectivity index (χ4n) is 3.74. The molecule has 0 amide bonds. The molecule has 4 rings (SSSR count). The molecule has 0 unspecified atom stereocenters. The molecule has 3 heterocycles. The molecule has 1 aromatic carbocycles. The first kappa shape index (κ1) is 14.1. The molecule has 1 aromatic rings. The SMILES string of the molecule is CN1CCN(Cc2ccc3c(c2)NC=C2CCCCN23)CC1. The Morgan fingerprint density at radius 3 is 2.77 bits per heavy atom. The Morgan fingerprint density at radius 1 is 1.05 bits per heavy atom. The molecule has 4 nitrogen and oxygen atoms in total. The van der Waals surface area contributed by atoms with Crippen molar-refractivity contribution in [1.82, 2.24) is 9.80 Å². The minimum Gasteiger partial charge on any atom is -0.358 e. The first-order valence-electron chi connectivity index (χ1n) is 8.56. The van der Waals surface area contributed by atoms with Crippen molar-refractivity contribution in [1.29, 1.82) is 0 Å². The molecule has 0 saturated carbocycles. The zero-order chi connectivity index (χ0) is 14.9. The van der Waals surface area contributed by atoms with Crippen molar-refractivity contribution in [2.24, 2.45) is 0 Å². The normalized spacial score (nSPS) is 22.6. The van der Waals surface area contributed by atoms with Crippen LogP contribution in [0.15, 0.2) is 30.1 Å². The zero-order valence-corrected chi connectivity index (χ0v) is 13.5. The summed E-state index contributed by atoms with van der Waals surface area (Å²) in [6.07, 6.45) is 6.04. The number of piperazine rings is 1. The molecule has 0 aromatic heterocycles. The highest BCUT2D eigenvalue weighted by molar-refractivity contribution is 5.77. The van der Waals surface area contributed by atoms with E-state index in [-0.39, 0.29) is 0 Å². The van der Waals surface area contributed by atoms with Crippen molar-refractivity contribution in [3.63, 3.8) is 0 Å². The first-order valence-corrected chi connectivity index (χ1v) is 8.56.